The fourth-order valence-corrected chi connectivity index (χ4v) is 4.03. The van der Waals surface area contributed by atoms with Crippen molar-refractivity contribution in [2.24, 2.45) is 5.92 Å². The van der Waals surface area contributed by atoms with Crippen LogP contribution >= 0.6 is 43.2 Å². The number of halogens is 2. The van der Waals surface area contributed by atoms with Gasteiger partial charge in [-0.25, -0.2) is 0 Å². The Balaban J connectivity index is 1.93. The van der Waals surface area contributed by atoms with Crippen LogP contribution in [0.5, 0.6) is 0 Å². The molecule has 1 aromatic rings. The molecule has 2 heterocycles. The summed E-state index contributed by atoms with van der Waals surface area (Å²) in [6.45, 7) is 1.68. The highest BCUT2D eigenvalue weighted by atomic mass is 79.9. The van der Waals surface area contributed by atoms with E-state index in [1.165, 1.54) is 0 Å². The molecular formula is C11H14Br2O2S. The second-order valence-corrected chi connectivity index (χ2v) is 7.33. The Labute approximate surface area is 116 Å². The van der Waals surface area contributed by atoms with Gasteiger partial charge >= 0.3 is 0 Å². The second kappa shape index (κ2) is 5.96. The van der Waals surface area contributed by atoms with E-state index in [0.29, 0.717) is 5.92 Å². The molecule has 0 amide bonds. The zero-order valence-electron chi connectivity index (χ0n) is 8.79. The van der Waals surface area contributed by atoms with Crippen molar-refractivity contribution in [3.8, 4) is 0 Å². The van der Waals surface area contributed by atoms with E-state index >= 15 is 0 Å². The summed E-state index contributed by atoms with van der Waals surface area (Å²) in [5.41, 5.74) is 0. The van der Waals surface area contributed by atoms with E-state index in [1.807, 2.05) is 6.07 Å². The molecule has 1 aliphatic heterocycles. The molecule has 1 unspecified atom stereocenters. The molecule has 0 aromatic carbocycles. The van der Waals surface area contributed by atoms with Crippen molar-refractivity contribution in [2.75, 3.05) is 13.2 Å². The van der Waals surface area contributed by atoms with Crippen LogP contribution in [0.25, 0.3) is 0 Å². The summed E-state index contributed by atoms with van der Waals surface area (Å²) >= 11 is 8.49. The van der Waals surface area contributed by atoms with Crippen molar-refractivity contribution in [3.05, 3.63) is 19.2 Å². The molecule has 0 bridgehead atoms. The molecule has 0 radical (unpaired) electrons. The van der Waals surface area contributed by atoms with Crippen LogP contribution in [-0.4, -0.2) is 18.3 Å². The molecule has 0 aliphatic carbocycles. The highest BCUT2D eigenvalue weighted by Crippen LogP contribution is 2.38. The van der Waals surface area contributed by atoms with E-state index in [0.717, 1.165) is 45.6 Å². The molecular weight excluding hydrogens is 356 g/mol. The maximum atomic E-state index is 10.1. The fourth-order valence-electron chi connectivity index (χ4n) is 1.94. The van der Waals surface area contributed by atoms with Gasteiger partial charge < -0.3 is 9.84 Å². The first-order chi connectivity index (χ1) is 7.66. The summed E-state index contributed by atoms with van der Waals surface area (Å²) in [5.74, 6) is 0.600. The molecule has 2 nitrogen and oxygen atoms in total. The van der Waals surface area contributed by atoms with Gasteiger partial charge in [0, 0.05) is 22.6 Å². The van der Waals surface area contributed by atoms with Crippen molar-refractivity contribution in [3.63, 3.8) is 0 Å². The first-order valence-corrected chi connectivity index (χ1v) is 7.77. The molecule has 16 heavy (non-hydrogen) atoms. The topological polar surface area (TPSA) is 29.5 Å². The normalized spacial score (nSPS) is 19.9. The van der Waals surface area contributed by atoms with Gasteiger partial charge in [0.15, 0.2) is 0 Å². The van der Waals surface area contributed by atoms with E-state index in [9.17, 15) is 5.11 Å². The van der Waals surface area contributed by atoms with Gasteiger partial charge in [-0.15, -0.1) is 11.3 Å². The van der Waals surface area contributed by atoms with Crippen LogP contribution in [0.3, 0.4) is 0 Å². The number of hydrogen-bond donors (Lipinski definition) is 1. The predicted octanol–water partition coefficient (Wildman–Crippen LogP) is 4.12. The van der Waals surface area contributed by atoms with Crippen molar-refractivity contribution >= 4 is 43.2 Å². The summed E-state index contributed by atoms with van der Waals surface area (Å²) in [6.07, 6.45) is 2.66. The highest BCUT2D eigenvalue weighted by Gasteiger charge is 2.20. The van der Waals surface area contributed by atoms with E-state index in [2.05, 4.69) is 31.9 Å². The third-order valence-corrected chi connectivity index (χ3v) is 6.25. The van der Waals surface area contributed by atoms with E-state index in [1.54, 1.807) is 11.3 Å². The van der Waals surface area contributed by atoms with Gasteiger partial charge in [0.25, 0.3) is 0 Å². The van der Waals surface area contributed by atoms with Crippen LogP contribution in [0.1, 0.15) is 30.2 Å². The lowest BCUT2D eigenvalue weighted by molar-refractivity contribution is 0.0442. The van der Waals surface area contributed by atoms with Crippen LogP contribution < -0.4 is 0 Å². The predicted molar refractivity (Wildman–Crippen MR) is 72.8 cm³/mol. The third kappa shape index (κ3) is 3.29. The maximum Gasteiger partial charge on any atom is 0.0885 e. The van der Waals surface area contributed by atoms with E-state index in [-0.39, 0.29) is 6.10 Å². The van der Waals surface area contributed by atoms with Crippen LogP contribution in [-0.2, 0) is 4.74 Å². The number of aliphatic hydroxyl groups is 1. The molecule has 2 rings (SSSR count). The Morgan fingerprint density at radius 2 is 2.12 bits per heavy atom. The van der Waals surface area contributed by atoms with Crippen LogP contribution in [0.2, 0.25) is 0 Å². The molecule has 90 valence electrons. The summed E-state index contributed by atoms with van der Waals surface area (Å²) in [5, 5.41) is 10.1. The number of aliphatic hydroxyl groups excluding tert-OH is 1. The Morgan fingerprint density at radius 1 is 1.44 bits per heavy atom. The van der Waals surface area contributed by atoms with Gasteiger partial charge in [-0.3, -0.25) is 0 Å². The van der Waals surface area contributed by atoms with Crippen molar-refractivity contribution in [1.82, 2.24) is 0 Å². The van der Waals surface area contributed by atoms with Crippen LogP contribution in [0.15, 0.2) is 14.3 Å². The van der Waals surface area contributed by atoms with Crippen LogP contribution in [0.4, 0.5) is 0 Å². The first kappa shape index (κ1) is 13.0. The van der Waals surface area contributed by atoms with Gasteiger partial charge in [-0.1, -0.05) is 0 Å². The lowest BCUT2D eigenvalue weighted by atomic mass is 9.93. The molecule has 1 saturated heterocycles. The average Bonchev–Trinajstić information content (AvgIpc) is 2.61. The maximum absolute atomic E-state index is 10.1. The Bertz CT molecular complexity index is 328. The lowest BCUT2D eigenvalue weighted by Gasteiger charge is -2.23. The summed E-state index contributed by atoms with van der Waals surface area (Å²) in [6, 6.07) is 2.00. The zero-order chi connectivity index (χ0) is 11.5. The van der Waals surface area contributed by atoms with Crippen molar-refractivity contribution < 1.29 is 9.84 Å². The molecule has 5 heteroatoms. The summed E-state index contributed by atoms with van der Waals surface area (Å²) < 4.78 is 7.39. The Kier molecular flexibility index (Phi) is 4.85. The average molecular weight is 370 g/mol. The monoisotopic (exact) mass is 368 g/mol. The largest absolute Gasteiger partial charge is 0.388 e. The zero-order valence-corrected chi connectivity index (χ0v) is 12.8. The van der Waals surface area contributed by atoms with Gasteiger partial charge in [-0.05, 0) is 63.1 Å². The quantitative estimate of drug-likeness (QED) is 0.868. The highest BCUT2D eigenvalue weighted by molar-refractivity contribution is 9.13. The van der Waals surface area contributed by atoms with Gasteiger partial charge in [-0.2, -0.15) is 0 Å². The van der Waals surface area contributed by atoms with Gasteiger partial charge in [0.1, 0.15) is 0 Å². The number of rotatable bonds is 3. The van der Waals surface area contributed by atoms with Gasteiger partial charge in [0.05, 0.1) is 9.89 Å². The molecule has 1 aliphatic rings. The van der Waals surface area contributed by atoms with Crippen molar-refractivity contribution in [1.29, 1.82) is 0 Å². The Hall–Kier alpha value is 0.580. The molecule has 0 spiro atoms. The first-order valence-electron chi connectivity index (χ1n) is 5.37. The minimum atomic E-state index is -0.337. The smallest absolute Gasteiger partial charge is 0.0885 e. The Morgan fingerprint density at radius 3 is 2.69 bits per heavy atom. The lowest BCUT2D eigenvalue weighted by Crippen LogP contribution is -2.17. The fraction of sp³-hybridized carbons (Fsp3) is 0.636. The standard InChI is InChI=1S/C11H14Br2O2S/c12-8-6-10(16-11(8)13)9(14)5-7-1-3-15-4-2-7/h6-7,9,14H,1-5H2. The summed E-state index contributed by atoms with van der Waals surface area (Å²) in [4.78, 5) is 1.03. The second-order valence-electron chi connectivity index (χ2n) is 4.08. The third-order valence-electron chi connectivity index (χ3n) is 2.89. The molecule has 1 fully saturated rings. The van der Waals surface area contributed by atoms with E-state index in [4.69, 9.17) is 4.74 Å². The minimum Gasteiger partial charge on any atom is -0.388 e. The molecule has 1 N–H and O–H groups in total. The SMILES string of the molecule is OC(CC1CCOCC1)c1cc(Br)c(Br)s1. The number of thiophene rings is 1. The van der Waals surface area contributed by atoms with Crippen LogP contribution in [0, 0.1) is 5.92 Å². The van der Waals surface area contributed by atoms with Gasteiger partial charge in [0.2, 0.25) is 0 Å². The summed E-state index contributed by atoms with van der Waals surface area (Å²) in [7, 11) is 0. The van der Waals surface area contributed by atoms with E-state index < -0.39 is 0 Å². The minimum absolute atomic E-state index is 0.337. The number of ether oxygens (including phenoxy) is 1. The van der Waals surface area contributed by atoms with Crippen molar-refractivity contribution in [2.45, 2.75) is 25.4 Å². The molecule has 1 atom stereocenters. The molecule has 0 saturated carbocycles. The number of hydrogen-bond acceptors (Lipinski definition) is 3. The molecule has 1 aromatic heterocycles.